The molecule has 57 heavy (non-hydrogen) atoms. The molecule has 9 aromatic carbocycles. The Morgan fingerprint density at radius 2 is 0.772 bits per heavy atom. The standard InChI is InChI=1S/C56H35N/c1-3-15-36(16-4-1)40-21-13-22-41(33-40)52-35-42(34-51(57-52)39-19-5-2-6-20-39)45-26-14-28-48-53(45)46-25-11-12-27-47(46)56(48)49-31-29-37-17-7-9-23-43(37)54(49)55-44-24-10-8-18-38(44)30-32-50(55)56/h1-35H. The molecule has 1 heteroatoms. The lowest BCUT2D eigenvalue weighted by Gasteiger charge is -2.30. The quantitative estimate of drug-likeness (QED) is 0.176. The number of aromatic nitrogens is 1. The summed E-state index contributed by atoms with van der Waals surface area (Å²) < 4.78 is 0. The fourth-order valence-electron chi connectivity index (χ4n) is 10.1. The van der Waals surface area contributed by atoms with E-state index in [-0.39, 0.29) is 0 Å². The van der Waals surface area contributed by atoms with Gasteiger partial charge in [-0.05, 0) is 107 Å². The predicted octanol–water partition coefficient (Wildman–Crippen LogP) is 14.4. The maximum absolute atomic E-state index is 5.36. The van der Waals surface area contributed by atoms with E-state index in [1.165, 1.54) is 82.7 Å². The molecule has 1 heterocycles. The molecule has 0 saturated carbocycles. The van der Waals surface area contributed by atoms with Gasteiger partial charge in [-0.3, -0.25) is 0 Å². The van der Waals surface area contributed by atoms with Crippen molar-refractivity contribution in [2.24, 2.45) is 0 Å². The van der Waals surface area contributed by atoms with Gasteiger partial charge in [-0.2, -0.15) is 0 Å². The van der Waals surface area contributed by atoms with E-state index in [0.29, 0.717) is 0 Å². The zero-order chi connectivity index (χ0) is 37.5. The summed E-state index contributed by atoms with van der Waals surface area (Å²) in [5.41, 5.74) is 19.0. The summed E-state index contributed by atoms with van der Waals surface area (Å²) in [7, 11) is 0. The largest absolute Gasteiger partial charge is 0.248 e. The highest BCUT2D eigenvalue weighted by atomic mass is 14.7. The Morgan fingerprint density at radius 3 is 1.47 bits per heavy atom. The van der Waals surface area contributed by atoms with Crippen molar-refractivity contribution in [1.82, 2.24) is 4.98 Å². The molecule has 264 valence electrons. The summed E-state index contributed by atoms with van der Waals surface area (Å²) in [6.07, 6.45) is 0. The number of nitrogens with zero attached hydrogens (tertiary/aromatic N) is 1. The zero-order valence-corrected chi connectivity index (χ0v) is 31.2. The minimum Gasteiger partial charge on any atom is -0.248 e. The summed E-state index contributed by atoms with van der Waals surface area (Å²) in [5.74, 6) is 0. The van der Waals surface area contributed by atoms with E-state index in [1.807, 2.05) is 0 Å². The Labute approximate surface area is 332 Å². The summed E-state index contributed by atoms with van der Waals surface area (Å²) in [6.45, 7) is 0. The van der Waals surface area contributed by atoms with E-state index < -0.39 is 5.41 Å². The molecule has 0 radical (unpaired) electrons. The van der Waals surface area contributed by atoms with Crippen molar-refractivity contribution in [3.05, 3.63) is 235 Å². The monoisotopic (exact) mass is 721 g/mol. The van der Waals surface area contributed by atoms with Crippen LogP contribution in [0.4, 0.5) is 0 Å². The van der Waals surface area contributed by atoms with Gasteiger partial charge in [0.1, 0.15) is 0 Å². The molecule has 12 rings (SSSR count). The molecular weight excluding hydrogens is 687 g/mol. The first-order chi connectivity index (χ1) is 28.3. The highest BCUT2D eigenvalue weighted by Crippen LogP contribution is 2.65. The van der Waals surface area contributed by atoms with Crippen LogP contribution in [-0.4, -0.2) is 4.98 Å². The second-order valence-corrected chi connectivity index (χ2v) is 15.4. The van der Waals surface area contributed by atoms with Gasteiger partial charge in [-0.15, -0.1) is 0 Å². The van der Waals surface area contributed by atoms with Crippen molar-refractivity contribution in [3.8, 4) is 67.0 Å². The van der Waals surface area contributed by atoms with E-state index >= 15 is 0 Å². The van der Waals surface area contributed by atoms with Crippen LogP contribution in [0.3, 0.4) is 0 Å². The molecule has 0 aliphatic heterocycles. The van der Waals surface area contributed by atoms with Crippen LogP contribution in [0.2, 0.25) is 0 Å². The highest BCUT2D eigenvalue weighted by Gasteiger charge is 2.53. The van der Waals surface area contributed by atoms with Gasteiger partial charge >= 0.3 is 0 Å². The molecule has 0 N–H and O–H groups in total. The summed E-state index contributed by atoms with van der Waals surface area (Å²) in [4.78, 5) is 5.36. The van der Waals surface area contributed by atoms with Gasteiger partial charge in [-0.25, -0.2) is 4.98 Å². The Kier molecular flexibility index (Phi) is 6.91. The van der Waals surface area contributed by atoms with Crippen LogP contribution >= 0.6 is 0 Å². The topological polar surface area (TPSA) is 12.9 Å². The van der Waals surface area contributed by atoms with Crippen LogP contribution in [0, 0.1) is 0 Å². The number of hydrogen-bond donors (Lipinski definition) is 0. The molecule has 0 amide bonds. The van der Waals surface area contributed by atoms with Crippen LogP contribution in [0.1, 0.15) is 22.3 Å². The number of fused-ring (bicyclic) bond motifs is 14. The molecule has 0 saturated heterocycles. The lowest BCUT2D eigenvalue weighted by Crippen LogP contribution is -2.25. The first-order valence-electron chi connectivity index (χ1n) is 19.8. The van der Waals surface area contributed by atoms with Crippen molar-refractivity contribution in [1.29, 1.82) is 0 Å². The average Bonchev–Trinajstić information content (AvgIpc) is 3.77. The Balaban J connectivity index is 1.15. The number of pyridine rings is 1. The molecule has 1 nitrogen and oxygen atoms in total. The summed E-state index contributed by atoms with van der Waals surface area (Å²) in [5, 5.41) is 5.13. The van der Waals surface area contributed by atoms with Gasteiger partial charge in [0.2, 0.25) is 0 Å². The second-order valence-electron chi connectivity index (χ2n) is 15.4. The van der Waals surface area contributed by atoms with Crippen LogP contribution in [-0.2, 0) is 5.41 Å². The highest BCUT2D eigenvalue weighted by molar-refractivity contribution is 6.14. The molecule has 0 atom stereocenters. The normalized spacial score (nSPS) is 13.1. The lowest BCUT2D eigenvalue weighted by atomic mass is 9.70. The van der Waals surface area contributed by atoms with E-state index in [9.17, 15) is 0 Å². The zero-order valence-electron chi connectivity index (χ0n) is 31.2. The van der Waals surface area contributed by atoms with Gasteiger partial charge < -0.3 is 0 Å². The van der Waals surface area contributed by atoms with E-state index in [4.69, 9.17) is 4.98 Å². The predicted molar refractivity (Wildman–Crippen MR) is 237 cm³/mol. The number of rotatable bonds is 4. The van der Waals surface area contributed by atoms with Crippen LogP contribution in [0.5, 0.6) is 0 Å². The average molecular weight is 722 g/mol. The van der Waals surface area contributed by atoms with Gasteiger partial charge in [0, 0.05) is 11.1 Å². The first-order valence-corrected chi connectivity index (χ1v) is 19.8. The van der Waals surface area contributed by atoms with Crippen molar-refractivity contribution >= 4 is 21.5 Å². The van der Waals surface area contributed by atoms with E-state index in [0.717, 1.165) is 28.1 Å². The van der Waals surface area contributed by atoms with E-state index in [1.54, 1.807) is 0 Å². The van der Waals surface area contributed by atoms with Crippen molar-refractivity contribution in [2.45, 2.75) is 5.41 Å². The van der Waals surface area contributed by atoms with Crippen molar-refractivity contribution in [3.63, 3.8) is 0 Å². The Hall–Kier alpha value is -7.35. The van der Waals surface area contributed by atoms with Gasteiger partial charge in [-0.1, -0.05) is 194 Å². The fraction of sp³-hybridized carbons (Fsp3) is 0.0179. The third kappa shape index (κ3) is 4.60. The van der Waals surface area contributed by atoms with Crippen LogP contribution < -0.4 is 0 Å². The molecule has 0 unspecified atom stereocenters. The molecule has 0 bridgehead atoms. The second kappa shape index (κ2) is 12.3. The number of hydrogen-bond acceptors (Lipinski definition) is 1. The molecule has 0 fully saturated rings. The third-order valence-electron chi connectivity index (χ3n) is 12.5. The summed E-state index contributed by atoms with van der Waals surface area (Å²) in [6, 6.07) is 78.1. The van der Waals surface area contributed by atoms with Gasteiger partial charge in [0.25, 0.3) is 0 Å². The van der Waals surface area contributed by atoms with Crippen molar-refractivity contribution in [2.75, 3.05) is 0 Å². The maximum Gasteiger partial charge on any atom is 0.0726 e. The molecule has 2 aliphatic carbocycles. The molecular formula is C56H35N. The van der Waals surface area contributed by atoms with Crippen molar-refractivity contribution < 1.29 is 0 Å². The number of benzene rings is 9. The molecule has 2 aliphatic rings. The molecule has 10 aromatic rings. The van der Waals surface area contributed by atoms with Crippen LogP contribution in [0.15, 0.2) is 212 Å². The minimum atomic E-state index is -0.483. The maximum atomic E-state index is 5.36. The van der Waals surface area contributed by atoms with Crippen LogP contribution in [0.25, 0.3) is 88.6 Å². The third-order valence-corrected chi connectivity index (χ3v) is 12.5. The molecule has 1 spiro atoms. The smallest absolute Gasteiger partial charge is 0.0726 e. The van der Waals surface area contributed by atoms with Gasteiger partial charge in [0.15, 0.2) is 0 Å². The summed E-state index contributed by atoms with van der Waals surface area (Å²) >= 11 is 0. The SMILES string of the molecule is c1ccc(-c2cccc(-c3cc(-c4cccc5c4-c4ccccc4C54c5ccc6ccccc6c5-c5c4ccc4ccccc54)cc(-c4ccccc4)n3)c2)cc1. The Bertz CT molecular complexity index is 3140. The van der Waals surface area contributed by atoms with Gasteiger partial charge in [0.05, 0.1) is 16.8 Å². The Morgan fingerprint density at radius 1 is 0.281 bits per heavy atom. The minimum absolute atomic E-state index is 0.483. The molecule has 1 aromatic heterocycles. The fourth-order valence-corrected chi connectivity index (χ4v) is 10.1. The van der Waals surface area contributed by atoms with E-state index in [2.05, 4.69) is 212 Å². The lowest BCUT2D eigenvalue weighted by molar-refractivity contribution is 0.795. The first kappa shape index (κ1) is 31.9.